The van der Waals surface area contributed by atoms with Crippen LogP contribution >= 0.6 is 11.3 Å². The van der Waals surface area contributed by atoms with E-state index < -0.39 is 0 Å². The predicted octanol–water partition coefficient (Wildman–Crippen LogP) is 1.82. The molecule has 0 saturated heterocycles. The van der Waals surface area contributed by atoms with Gasteiger partial charge in [-0.3, -0.25) is 0 Å². The van der Waals surface area contributed by atoms with E-state index in [1.807, 2.05) is 0 Å². The van der Waals surface area contributed by atoms with E-state index in [0.717, 1.165) is 24.1 Å². The summed E-state index contributed by atoms with van der Waals surface area (Å²) in [5.74, 6) is 0.770. The number of nitrogens with zero attached hydrogens (tertiary/aromatic N) is 2. The molecule has 0 bridgehead atoms. The quantitative estimate of drug-likeness (QED) is 0.805. The maximum Gasteiger partial charge on any atom is 0.294 e. The van der Waals surface area contributed by atoms with Gasteiger partial charge in [0.25, 0.3) is 5.19 Å². The molecule has 1 heterocycles. The van der Waals surface area contributed by atoms with Crippen molar-refractivity contribution >= 4 is 11.3 Å². The third-order valence-corrected chi connectivity index (χ3v) is 3.09. The highest BCUT2D eigenvalue weighted by Gasteiger charge is 2.22. The molecule has 0 atom stereocenters. The molecule has 1 fully saturated rings. The Kier molecular flexibility index (Phi) is 3.53. The second-order valence-corrected chi connectivity index (χ2v) is 5.28. The van der Waals surface area contributed by atoms with E-state index in [9.17, 15) is 0 Å². The summed E-state index contributed by atoms with van der Waals surface area (Å²) < 4.78 is 5.53. The van der Waals surface area contributed by atoms with Crippen molar-refractivity contribution in [1.29, 1.82) is 0 Å². The number of ether oxygens (including phenoxy) is 1. The average molecular weight is 227 g/mol. The highest BCUT2D eigenvalue weighted by Crippen LogP contribution is 2.30. The molecule has 1 aliphatic carbocycles. The van der Waals surface area contributed by atoms with Crippen LogP contribution in [0.25, 0.3) is 0 Å². The van der Waals surface area contributed by atoms with Crippen LogP contribution in [0.2, 0.25) is 0 Å². The molecule has 0 spiro atoms. The predicted molar refractivity (Wildman–Crippen MR) is 60.1 cm³/mol. The molecule has 1 aromatic heterocycles. The molecule has 2 rings (SSSR count). The molecule has 5 heteroatoms. The molecule has 0 aromatic carbocycles. The summed E-state index contributed by atoms with van der Waals surface area (Å²) >= 11 is 1.54. The molecule has 0 unspecified atom stereocenters. The lowest BCUT2D eigenvalue weighted by Crippen LogP contribution is -2.21. The van der Waals surface area contributed by atoms with Crippen molar-refractivity contribution in [2.24, 2.45) is 5.92 Å². The minimum atomic E-state index is 0.477. The standard InChI is InChI=1S/C10H17N3OS/c1-7(2)11-5-9-12-13-10(15-9)14-6-8-3-4-8/h7-8,11H,3-6H2,1-2H3. The van der Waals surface area contributed by atoms with Crippen molar-refractivity contribution in [1.82, 2.24) is 15.5 Å². The summed E-state index contributed by atoms with van der Waals surface area (Å²) in [6, 6.07) is 0.477. The second-order valence-electron chi connectivity index (χ2n) is 4.25. The van der Waals surface area contributed by atoms with Gasteiger partial charge in [0.2, 0.25) is 0 Å². The zero-order chi connectivity index (χ0) is 10.7. The number of nitrogens with one attached hydrogen (secondary N) is 1. The first-order chi connectivity index (χ1) is 7.24. The van der Waals surface area contributed by atoms with Crippen LogP contribution in [0.5, 0.6) is 5.19 Å². The molecule has 1 aliphatic rings. The van der Waals surface area contributed by atoms with Crippen molar-refractivity contribution in [3.8, 4) is 5.19 Å². The maximum atomic E-state index is 5.53. The second kappa shape index (κ2) is 4.90. The summed E-state index contributed by atoms with van der Waals surface area (Å²) in [6.45, 7) is 5.82. The van der Waals surface area contributed by atoms with Gasteiger partial charge in [0, 0.05) is 6.04 Å². The highest BCUT2D eigenvalue weighted by molar-refractivity contribution is 7.13. The Bertz CT molecular complexity index is 289. The Hall–Kier alpha value is -0.680. The van der Waals surface area contributed by atoms with E-state index in [-0.39, 0.29) is 0 Å². The lowest BCUT2D eigenvalue weighted by molar-refractivity contribution is 0.296. The molecule has 84 valence electrons. The highest BCUT2D eigenvalue weighted by atomic mass is 32.1. The minimum absolute atomic E-state index is 0.477. The minimum Gasteiger partial charge on any atom is -0.469 e. The molecule has 1 saturated carbocycles. The van der Waals surface area contributed by atoms with Crippen molar-refractivity contribution in [2.45, 2.75) is 39.3 Å². The Morgan fingerprint density at radius 1 is 1.47 bits per heavy atom. The fourth-order valence-corrected chi connectivity index (χ4v) is 1.78. The summed E-state index contributed by atoms with van der Waals surface area (Å²) in [5.41, 5.74) is 0. The normalized spacial score (nSPS) is 15.9. The van der Waals surface area contributed by atoms with Crippen LogP contribution in [0.1, 0.15) is 31.7 Å². The van der Waals surface area contributed by atoms with Crippen LogP contribution in [0.4, 0.5) is 0 Å². The fraction of sp³-hybridized carbons (Fsp3) is 0.800. The van der Waals surface area contributed by atoms with Crippen LogP contribution < -0.4 is 10.1 Å². The van der Waals surface area contributed by atoms with Gasteiger partial charge in [0.1, 0.15) is 5.01 Å². The maximum absolute atomic E-state index is 5.53. The van der Waals surface area contributed by atoms with Crippen LogP contribution in [-0.4, -0.2) is 22.8 Å². The van der Waals surface area contributed by atoms with E-state index in [0.29, 0.717) is 11.2 Å². The Labute approximate surface area is 94.1 Å². The van der Waals surface area contributed by atoms with Gasteiger partial charge in [-0.25, -0.2) is 0 Å². The zero-order valence-corrected chi connectivity index (χ0v) is 10.0. The number of aromatic nitrogens is 2. The summed E-state index contributed by atoms with van der Waals surface area (Å²) in [5, 5.41) is 13.1. The molecular weight excluding hydrogens is 210 g/mol. The third-order valence-electron chi connectivity index (χ3n) is 2.25. The number of rotatable bonds is 6. The molecule has 0 amide bonds. The van der Waals surface area contributed by atoms with E-state index in [2.05, 4.69) is 29.4 Å². The molecule has 1 N–H and O–H groups in total. The smallest absolute Gasteiger partial charge is 0.294 e. The number of hydrogen-bond donors (Lipinski definition) is 1. The zero-order valence-electron chi connectivity index (χ0n) is 9.19. The molecule has 0 aliphatic heterocycles. The molecule has 4 nitrogen and oxygen atoms in total. The first-order valence-corrected chi connectivity index (χ1v) is 6.24. The molecule has 1 aromatic rings. The van der Waals surface area contributed by atoms with Gasteiger partial charge in [-0.05, 0) is 18.8 Å². The van der Waals surface area contributed by atoms with Crippen LogP contribution in [0, 0.1) is 5.92 Å². The topological polar surface area (TPSA) is 47.0 Å². The summed E-state index contributed by atoms with van der Waals surface area (Å²) in [6.07, 6.45) is 2.61. The van der Waals surface area contributed by atoms with Crippen LogP contribution in [0.15, 0.2) is 0 Å². The largest absolute Gasteiger partial charge is 0.469 e. The first-order valence-electron chi connectivity index (χ1n) is 5.42. The lowest BCUT2D eigenvalue weighted by atomic mass is 10.4. The van der Waals surface area contributed by atoms with Gasteiger partial charge < -0.3 is 10.1 Å². The van der Waals surface area contributed by atoms with Crippen molar-refractivity contribution < 1.29 is 4.74 Å². The van der Waals surface area contributed by atoms with Crippen molar-refractivity contribution in [2.75, 3.05) is 6.61 Å². The van der Waals surface area contributed by atoms with Crippen LogP contribution in [-0.2, 0) is 6.54 Å². The lowest BCUT2D eigenvalue weighted by Gasteiger charge is -2.03. The summed E-state index contributed by atoms with van der Waals surface area (Å²) in [7, 11) is 0. The van der Waals surface area contributed by atoms with E-state index in [1.54, 1.807) is 0 Å². The van der Waals surface area contributed by atoms with Gasteiger partial charge in [-0.15, -0.1) is 10.2 Å². The summed E-state index contributed by atoms with van der Waals surface area (Å²) in [4.78, 5) is 0. The van der Waals surface area contributed by atoms with Crippen molar-refractivity contribution in [3.05, 3.63) is 5.01 Å². The molecule has 15 heavy (non-hydrogen) atoms. The monoisotopic (exact) mass is 227 g/mol. The SMILES string of the molecule is CC(C)NCc1nnc(OCC2CC2)s1. The molecular formula is C10H17N3OS. The van der Waals surface area contributed by atoms with E-state index in [1.165, 1.54) is 24.2 Å². The fourth-order valence-electron chi connectivity index (χ4n) is 1.13. The average Bonchev–Trinajstić information content (AvgIpc) is 2.92. The van der Waals surface area contributed by atoms with Crippen LogP contribution in [0.3, 0.4) is 0 Å². The van der Waals surface area contributed by atoms with E-state index in [4.69, 9.17) is 4.74 Å². The molecule has 0 radical (unpaired) electrons. The third kappa shape index (κ3) is 3.76. The van der Waals surface area contributed by atoms with Gasteiger partial charge in [-0.2, -0.15) is 0 Å². The van der Waals surface area contributed by atoms with Gasteiger partial charge in [0.15, 0.2) is 0 Å². The van der Waals surface area contributed by atoms with Gasteiger partial charge in [0.05, 0.1) is 13.2 Å². The van der Waals surface area contributed by atoms with Gasteiger partial charge in [-0.1, -0.05) is 25.2 Å². The van der Waals surface area contributed by atoms with E-state index >= 15 is 0 Å². The number of hydrogen-bond acceptors (Lipinski definition) is 5. The Morgan fingerprint density at radius 2 is 2.27 bits per heavy atom. The Morgan fingerprint density at radius 3 is 2.93 bits per heavy atom. The Balaban J connectivity index is 1.75. The first kappa shape index (κ1) is 10.8. The van der Waals surface area contributed by atoms with Gasteiger partial charge >= 0.3 is 0 Å². The van der Waals surface area contributed by atoms with Crippen molar-refractivity contribution in [3.63, 3.8) is 0 Å².